The molecule has 0 saturated carbocycles. The molecule has 7 nitrogen and oxygen atoms in total. The Labute approximate surface area is 151 Å². The number of carboxylic acids is 1. The maximum absolute atomic E-state index is 10.6. The number of rotatable bonds is 4. The number of aromatic nitrogens is 3. The lowest BCUT2D eigenvalue weighted by atomic mass is 10.2. The third-order valence-corrected chi connectivity index (χ3v) is 4.37. The number of alkyl halides is 3. The van der Waals surface area contributed by atoms with Gasteiger partial charge in [0.1, 0.15) is 5.82 Å². The van der Waals surface area contributed by atoms with Crippen molar-refractivity contribution in [2.45, 2.75) is 45.8 Å². The molecule has 1 atom stereocenters. The molecule has 0 fully saturated rings. The maximum Gasteiger partial charge on any atom is 0.490 e. The number of imidazole rings is 1. The Balaban J connectivity index is 0.000000298. The summed E-state index contributed by atoms with van der Waals surface area (Å²) in [6.07, 6.45) is -3.16. The minimum atomic E-state index is -5.08. The summed E-state index contributed by atoms with van der Waals surface area (Å²) in [5.41, 5.74) is 2.16. The van der Waals surface area contributed by atoms with Gasteiger partial charge in [0.15, 0.2) is 0 Å². The predicted molar refractivity (Wildman–Crippen MR) is 87.7 cm³/mol. The maximum atomic E-state index is 10.6. The van der Waals surface area contributed by atoms with Crippen molar-refractivity contribution in [2.24, 2.45) is 0 Å². The van der Waals surface area contributed by atoms with Crippen molar-refractivity contribution in [3.05, 3.63) is 33.8 Å². The van der Waals surface area contributed by atoms with Crippen LogP contribution in [-0.4, -0.2) is 38.3 Å². The van der Waals surface area contributed by atoms with Crippen LogP contribution >= 0.6 is 11.3 Å². The zero-order chi connectivity index (χ0) is 19.3. The number of fused-ring (bicyclic) bond motifs is 1. The van der Waals surface area contributed by atoms with Gasteiger partial charge in [-0.15, -0.1) is 11.3 Å². The van der Waals surface area contributed by atoms with Crippen molar-refractivity contribution in [3.63, 3.8) is 0 Å². The van der Waals surface area contributed by atoms with Crippen LogP contribution in [0.1, 0.15) is 35.2 Å². The van der Waals surface area contributed by atoms with E-state index in [4.69, 9.17) is 14.6 Å². The summed E-state index contributed by atoms with van der Waals surface area (Å²) in [6, 6.07) is 0.323. The van der Waals surface area contributed by atoms with Crippen molar-refractivity contribution in [3.8, 4) is 0 Å². The number of hydrogen-bond acceptors (Lipinski definition) is 6. The molecule has 0 aliphatic carbocycles. The van der Waals surface area contributed by atoms with Crippen LogP contribution < -0.4 is 5.32 Å². The van der Waals surface area contributed by atoms with Gasteiger partial charge in [-0.1, -0.05) is 0 Å². The number of hydrogen-bond donors (Lipinski definition) is 2. The predicted octanol–water partition coefficient (Wildman–Crippen LogP) is 2.66. The minimum Gasteiger partial charge on any atom is -0.475 e. The minimum absolute atomic E-state index is 0.323. The Morgan fingerprint density at radius 3 is 2.77 bits per heavy atom. The van der Waals surface area contributed by atoms with E-state index < -0.39 is 12.1 Å². The molecular weight excluding hydrogens is 373 g/mol. The standard InChI is InChI=1S/C13H18N4OS.C2HF3O2/c1-9-13-15-5-12(17(13)4-3-14-9)7-18-6-11-8-19-10(2)16-11;3-2(4,5)1(6)7/h5,8-9,14H,3-4,6-7H2,1-2H3;(H,6,7). The quantitative estimate of drug-likeness (QED) is 0.832. The van der Waals surface area contributed by atoms with Crippen molar-refractivity contribution in [1.82, 2.24) is 19.9 Å². The molecule has 0 bridgehead atoms. The highest BCUT2D eigenvalue weighted by Gasteiger charge is 2.38. The number of carbonyl (C=O) groups is 1. The van der Waals surface area contributed by atoms with Gasteiger partial charge in [0.05, 0.1) is 41.8 Å². The van der Waals surface area contributed by atoms with Gasteiger partial charge in [-0.2, -0.15) is 13.2 Å². The molecule has 0 radical (unpaired) electrons. The molecule has 0 amide bonds. The molecule has 0 spiro atoms. The summed E-state index contributed by atoms with van der Waals surface area (Å²) >= 11 is 1.66. The van der Waals surface area contributed by atoms with E-state index in [0.717, 1.165) is 35.3 Å². The van der Waals surface area contributed by atoms with Gasteiger partial charge >= 0.3 is 12.1 Å². The lowest BCUT2D eigenvalue weighted by molar-refractivity contribution is -0.192. The summed E-state index contributed by atoms with van der Waals surface area (Å²) in [6.45, 7) is 7.27. The van der Waals surface area contributed by atoms with Crippen LogP contribution in [0.5, 0.6) is 0 Å². The summed E-state index contributed by atoms with van der Waals surface area (Å²) in [5, 5.41) is 13.7. The number of aryl methyl sites for hydroxylation is 1. The van der Waals surface area contributed by atoms with E-state index in [-0.39, 0.29) is 0 Å². The first-order valence-electron chi connectivity index (χ1n) is 7.75. The average Bonchev–Trinajstić information content (AvgIpc) is 3.15. The number of ether oxygens (including phenoxy) is 1. The number of nitrogens with zero attached hydrogens (tertiary/aromatic N) is 3. The number of aliphatic carboxylic acids is 1. The van der Waals surface area contributed by atoms with Gasteiger partial charge in [0.2, 0.25) is 0 Å². The van der Waals surface area contributed by atoms with Crippen LogP contribution in [0.2, 0.25) is 0 Å². The highest BCUT2D eigenvalue weighted by atomic mass is 32.1. The van der Waals surface area contributed by atoms with Crippen molar-refractivity contribution >= 4 is 17.3 Å². The van der Waals surface area contributed by atoms with Gasteiger partial charge in [-0.3, -0.25) is 0 Å². The van der Waals surface area contributed by atoms with Crippen molar-refractivity contribution in [1.29, 1.82) is 0 Å². The second kappa shape index (κ2) is 8.60. The van der Waals surface area contributed by atoms with E-state index >= 15 is 0 Å². The van der Waals surface area contributed by atoms with Crippen LogP contribution in [0, 0.1) is 6.92 Å². The van der Waals surface area contributed by atoms with Gasteiger partial charge in [0, 0.05) is 18.5 Å². The van der Waals surface area contributed by atoms with Crippen LogP contribution in [-0.2, 0) is 29.3 Å². The first-order chi connectivity index (χ1) is 12.2. The number of carboxylic acid groups (broad SMARTS) is 1. The monoisotopic (exact) mass is 392 g/mol. The number of halogens is 3. The SMILES string of the molecule is Cc1nc(COCc2cnc3n2CCNC3C)cs1.O=C(O)C(F)(F)F. The smallest absolute Gasteiger partial charge is 0.475 e. The second-order valence-electron chi connectivity index (χ2n) is 5.59. The molecule has 1 aliphatic heterocycles. The summed E-state index contributed by atoms with van der Waals surface area (Å²) in [7, 11) is 0. The first kappa shape index (κ1) is 20.3. The molecule has 3 heterocycles. The average molecular weight is 392 g/mol. The van der Waals surface area contributed by atoms with E-state index in [1.54, 1.807) is 11.3 Å². The van der Waals surface area contributed by atoms with Crippen LogP contribution in [0.15, 0.2) is 11.6 Å². The zero-order valence-corrected chi connectivity index (χ0v) is 15.0. The fourth-order valence-electron chi connectivity index (χ4n) is 2.36. The Kier molecular flexibility index (Phi) is 6.73. The Bertz CT molecular complexity index is 745. The second-order valence-corrected chi connectivity index (χ2v) is 6.65. The first-order valence-corrected chi connectivity index (χ1v) is 8.63. The van der Waals surface area contributed by atoms with E-state index in [0.29, 0.717) is 19.3 Å². The topological polar surface area (TPSA) is 89.3 Å². The molecule has 2 N–H and O–H groups in total. The molecule has 26 heavy (non-hydrogen) atoms. The fourth-order valence-corrected chi connectivity index (χ4v) is 2.96. The number of nitrogens with one attached hydrogen (secondary N) is 1. The fraction of sp³-hybridized carbons (Fsp3) is 0.533. The molecule has 0 saturated heterocycles. The van der Waals surface area contributed by atoms with Crippen LogP contribution in [0.25, 0.3) is 0 Å². The molecule has 2 aromatic heterocycles. The lowest BCUT2D eigenvalue weighted by Crippen LogP contribution is -2.32. The zero-order valence-electron chi connectivity index (χ0n) is 14.2. The summed E-state index contributed by atoms with van der Waals surface area (Å²) in [4.78, 5) is 17.8. The van der Waals surface area contributed by atoms with Gasteiger partial charge in [0.25, 0.3) is 0 Å². The van der Waals surface area contributed by atoms with Gasteiger partial charge in [-0.05, 0) is 13.8 Å². The summed E-state index contributed by atoms with van der Waals surface area (Å²) in [5.74, 6) is -1.65. The largest absolute Gasteiger partial charge is 0.490 e. The molecule has 11 heteroatoms. The third-order valence-electron chi connectivity index (χ3n) is 3.55. The highest BCUT2D eigenvalue weighted by molar-refractivity contribution is 7.09. The molecule has 144 valence electrons. The normalized spacial score (nSPS) is 16.6. The van der Waals surface area contributed by atoms with E-state index in [1.807, 2.05) is 18.5 Å². The van der Waals surface area contributed by atoms with Crippen LogP contribution in [0.4, 0.5) is 13.2 Å². The van der Waals surface area contributed by atoms with Crippen LogP contribution in [0.3, 0.4) is 0 Å². The van der Waals surface area contributed by atoms with E-state index in [1.165, 1.54) is 0 Å². The Morgan fingerprint density at radius 1 is 1.50 bits per heavy atom. The highest BCUT2D eigenvalue weighted by Crippen LogP contribution is 2.18. The molecule has 3 rings (SSSR count). The number of thiazole rings is 1. The molecule has 2 aromatic rings. The van der Waals surface area contributed by atoms with Gasteiger partial charge < -0.3 is 19.7 Å². The van der Waals surface area contributed by atoms with Crippen molar-refractivity contribution < 1.29 is 27.8 Å². The Hall–Kier alpha value is -1.98. The third kappa shape index (κ3) is 5.51. The van der Waals surface area contributed by atoms with Crippen molar-refractivity contribution in [2.75, 3.05) is 6.54 Å². The lowest BCUT2D eigenvalue weighted by Gasteiger charge is -2.23. The Morgan fingerprint density at radius 2 is 2.19 bits per heavy atom. The molecule has 0 aromatic carbocycles. The summed E-state index contributed by atoms with van der Waals surface area (Å²) < 4.78 is 39.7. The molecular formula is C15H19F3N4O3S. The molecule has 1 aliphatic rings. The molecule has 1 unspecified atom stereocenters. The van der Waals surface area contributed by atoms with E-state index in [9.17, 15) is 13.2 Å². The van der Waals surface area contributed by atoms with Gasteiger partial charge in [-0.25, -0.2) is 14.8 Å². The van der Waals surface area contributed by atoms with E-state index in [2.05, 4.69) is 26.8 Å².